The lowest BCUT2D eigenvalue weighted by molar-refractivity contribution is -0.836. The summed E-state index contributed by atoms with van der Waals surface area (Å²) in [5, 5.41) is 0. The summed E-state index contributed by atoms with van der Waals surface area (Å²) in [5.41, 5.74) is 11.0. The van der Waals surface area contributed by atoms with Gasteiger partial charge in [-0.25, -0.2) is 4.28 Å². The number of rotatable bonds is 7. The second-order valence-electron chi connectivity index (χ2n) is 3.52. The number of aromatic nitrogens is 3. The van der Waals surface area contributed by atoms with Crippen LogP contribution in [0, 0.1) is 0 Å². The highest BCUT2D eigenvalue weighted by molar-refractivity contribution is 7.80. The van der Waals surface area contributed by atoms with E-state index >= 15 is 0 Å². The van der Waals surface area contributed by atoms with Gasteiger partial charge >= 0.3 is 28.2 Å². The highest BCUT2D eigenvalue weighted by Crippen LogP contribution is 2.09. The smallest absolute Gasteiger partial charge is 0.317 e. The summed E-state index contributed by atoms with van der Waals surface area (Å²) >= 11 is 0. The Balaban J connectivity index is 3.20. The van der Waals surface area contributed by atoms with Gasteiger partial charge in [0.05, 0.1) is 0 Å². The summed E-state index contributed by atoms with van der Waals surface area (Å²) in [6.45, 7) is 7.96. The lowest BCUT2D eigenvalue weighted by Gasteiger charge is -2.16. The normalized spacial score (nSPS) is 10.8. The zero-order valence-corrected chi connectivity index (χ0v) is 11.3. The van der Waals surface area contributed by atoms with Crippen molar-refractivity contribution in [2.45, 2.75) is 0 Å². The van der Waals surface area contributed by atoms with Crippen molar-refractivity contribution in [3.63, 3.8) is 0 Å². The molecular formula is C9H15N6O4S+. The molecule has 1 aromatic rings. The van der Waals surface area contributed by atoms with Gasteiger partial charge in [-0.2, -0.15) is 8.42 Å². The second kappa shape index (κ2) is 6.16. The van der Waals surface area contributed by atoms with Gasteiger partial charge in [-0.05, 0) is 4.73 Å². The Labute approximate surface area is 115 Å². The zero-order valence-electron chi connectivity index (χ0n) is 10.5. The van der Waals surface area contributed by atoms with Gasteiger partial charge < -0.3 is 16.4 Å². The Kier molecular flexibility index (Phi) is 4.83. The molecule has 20 heavy (non-hydrogen) atoms. The molecule has 0 saturated heterocycles. The number of nitrogens with zero attached hydrogens (tertiary/aromatic N) is 4. The molecule has 0 aliphatic carbocycles. The lowest BCUT2D eigenvalue weighted by Crippen LogP contribution is -2.51. The van der Waals surface area contributed by atoms with Crippen LogP contribution in [-0.2, 0) is 10.4 Å². The molecule has 0 unspecified atom stereocenters. The van der Waals surface area contributed by atoms with Gasteiger partial charge in [0.15, 0.2) is 0 Å². The van der Waals surface area contributed by atoms with Crippen LogP contribution in [0.2, 0.25) is 0 Å². The maximum absolute atomic E-state index is 10.6. The highest BCUT2D eigenvalue weighted by atomic mass is 32.3. The predicted octanol–water partition coefficient (Wildman–Crippen LogP) is -1.66. The third kappa shape index (κ3) is 4.07. The topological polar surface area (TPSA) is 149 Å². The van der Waals surface area contributed by atoms with Crippen LogP contribution in [0.15, 0.2) is 25.3 Å². The van der Waals surface area contributed by atoms with E-state index in [1.165, 1.54) is 0 Å². The zero-order chi connectivity index (χ0) is 15.3. The maximum Gasteiger partial charge on any atom is 0.472 e. The van der Waals surface area contributed by atoms with Gasteiger partial charge in [-0.1, -0.05) is 22.1 Å². The first-order chi connectivity index (χ1) is 9.28. The third-order valence-electron chi connectivity index (χ3n) is 2.00. The van der Waals surface area contributed by atoms with E-state index < -0.39 is 22.3 Å². The van der Waals surface area contributed by atoms with Gasteiger partial charge in [0.25, 0.3) is 0 Å². The van der Waals surface area contributed by atoms with Crippen molar-refractivity contribution in [2.75, 3.05) is 29.5 Å². The van der Waals surface area contributed by atoms with Crippen LogP contribution in [0.5, 0.6) is 0 Å². The van der Waals surface area contributed by atoms with Crippen molar-refractivity contribution in [3.05, 3.63) is 25.3 Å². The first kappa shape index (κ1) is 15.7. The predicted molar refractivity (Wildman–Crippen MR) is 71.8 cm³/mol. The Hall–Kier alpha value is -2.40. The summed E-state index contributed by atoms with van der Waals surface area (Å²) in [6.07, 6.45) is 3.21. The second-order valence-corrected chi connectivity index (χ2v) is 4.52. The molecule has 0 amide bonds. The standard InChI is InChI=1S/C9H14N6O4S/c1-3-5-14(6-4-2)9-12-7(10)15(8(11)13-9)19-20(16,17)18/h3-4H,1-2,5-6H2,(H4,10,11,12,13,16,17,18)/p+1. The van der Waals surface area contributed by atoms with E-state index in [1.54, 1.807) is 17.1 Å². The van der Waals surface area contributed by atoms with E-state index in [2.05, 4.69) is 27.4 Å². The molecule has 10 nitrogen and oxygen atoms in total. The molecule has 1 aromatic heterocycles. The molecule has 11 heteroatoms. The van der Waals surface area contributed by atoms with Crippen molar-refractivity contribution >= 4 is 28.2 Å². The minimum Gasteiger partial charge on any atom is -0.317 e. The van der Waals surface area contributed by atoms with Crippen molar-refractivity contribution < 1.29 is 22.0 Å². The SMILES string of the molecule is C=CCN(CC=C)c1nc(N)[n+](OS(=O)(=O)O)c(N)n1. The van der Waals surface area contributed by atoms with Crippen LogP contribution in [0.1, 0.15) is 0 Å². The van der Waals surface area contributed by atoms with Crippen LogP contribution < -0.4 is 25.4 Å². The van der Waals surface area contributed by atoms with Crippen LogP contribution in [0.3, 0.4) is 0 Å². The molecule has 1 heterocycles. The molecule has 0 aromatic carbocycles. The van der Waals surface area contributed by atoms with Gasteiger partial charge in [-0.3, -0.25) is 4.55 Å². The minimum absolute atomic E-state index is 0.134. The molecule has 0 radical (unpaired) electrons. The summed E-state index contributed by atoms with van der Waals surface area (Å²) in [7, 11) is -4.80. The van der Waals surface area contributed by atoms with Crippen LogP contribution in [-0.4, -0.2) is 36.0 Å². The van der Waals surface area contributed by atoms with Crippen molar-refractivity contribution in [1.82, 2.24) is 9.97 Å². The Bertz CT molecular complexity index is 584. The van der Waals surface area contributed by atoms with Crippen LogP contribution >= 0.6 is 0 Å². The van der Waals surface area contributed by atoms with Crippen LogP contribution in [0.25, 0.3) is 0 Å². The molecule has 110 valence electrons. The number of hydrogen-bond acceptors (Lipinski definition) is 8. The molecule has 0 fully saturated rings. The fourth-order valence-electron chi connectivity index (χ4n) is 1.30. The van der Waals surface area contributed by atoms with E-state index in [4.69, 9.17) is 16.0 Å². The van der Waals surface area contributed by atoms with Gasteiger partial charge in [0.2, 0.25) is 0 Å². The van der Waals surface area contributed by atoms with E-state index in [-0.39, 0.29) is 5.95 Å². The highest BCUT2D eigenvalue weighted by Gasteiger charge is 2.23. The molecule has 5 N–H and O–H groups in total. The Morgan fingerprint density at radius 2 is 1.70 bits per heavy atom. The average molecular weight is 303 g/mol. The summed E-state index contributed by atoms with van der Waals surface area (Å²) < 4.78 is 34.4. The molecule has 0 aliphatic rings. The maximum atomic E-state index is 10.6. The molecule has 0 saturated carbocycles. The van der Waals surface area contributed by atoms with Crippen LogP contribution in [0.4, 0.5) is 17.8 Å². The van der Waals surface area contributed by atoms with E-state index in [1.807, 2.05) is 0 Å². The molecule has 0 bridgehead atoms. The van der Waals surface area contributed by atoms with E-state index in [0.717, 1.165) is 0 Å². The lowest BCUT2D eigenvalue weighted by atomic mass is 10.4. The molecular weight excluding hydrogens is 288 g/mol. The van der Waals surface area contributed by atoms with Crippen molar-refractivity contribution in [3.8, 4) is 0 Å². The first-order valence-electron chi connectivity index (χ1n) is 5.27. The number of anilines is 3. The number of hydrogen-bond donors (Lipinski definition) is 3. The summed E-state index contributed by atoms with van der Waals surface area (Å²) in [5.74, 6) is -0.665. The number of nitrogens with two attached hydrogens (primary N) is 2. The largest absolute Gasteiger partial charge is 0.472 e. The van der Waals surface area contributed by atoms with Gasteiger partial charge in [-0.15, -0.1) is 13.2 Å². The molecule has 0 spiro atoms. The molecule has 0 aliphatic heterocycles. The summed E-state index contributed by atoms with van der Waals surface area (Å²) in [4.78, 5) is 9.30. The van der Waals surface area contributed by atoms with Gasteiger partial charge in [0, 0.05) is 13.1 Å². The fourth-order valence-corrected chi connectivity index (χ4v) is 1.64. The molecule has 0 atom stereocenters. The van der Waals surface area contributed by atoms with Crippen molar-refractivity contribution in [1.29, 1.82) is 0 Å². The van der Waals surface area contributed by atoms with E-state index in [9.17, 15) is 8.42 Å². The van der Waals surface area contributed by atoms with E-state index in [0.29, 0.717) is 17.8 Å². The number of nitrogen functional groups attached to an aromatic ring is 2. The third-order valence-corrected chi connectivity index (χ3v) is 2.33. The Morgan fingerprint density at radius 3 is 2.05 bits per heavy atom. The Morgan fingerprint density at radius 1 is 1.25 bits per heavy atom. The average Bonchev–Trinajstić information content (AvgIpc) is 2.32. The fraction of sp³-hybridized carbons (Fsp3) is 0.222. The molecule has 1 rings (SSSR count). The first-order valence-corrected chi connectivity index (χ1v) is 6.64. The summed E-state index contributed by atoms with van der Waals surface area (Å²) in [6, 6.07) is 0. The van der Waals surface area contributed by atoms with Crippen molar-refractivity contribution in [2.24, 2.45) is 0 Å². The quantitative estimate of drug-likeness (QED) is 0.305. The van der Waals surface area contributed by atoms with Gasteiger partial charge in [0.1, 0.15) is 0 Å². The minimum atomic E-state index is -4.80. The monoisotopic (exact) mass is 303 g/mol.